The maximum atomic E-state index is 14.2. The molecule has 4 rings (SSSR count). The number of nitrogens with one attached hydrogen (secondary N) is 1. The van der Waals surface area contributed by atoms with Gasteiger partial charge in [-0.2, -0.15) is 11.8 Å². The Labute approximate surface area is 194 Å². The van der Waals surface area contributed by atoms with E-state index in [1.54, 1.807) is 24.3 Å². The van der Waals surface area contributed by atoms with Crippen molar-refractivity contribution in [1.82, 2.24) is 14.9 Å². The molecule has 0 saturated carbocycles. The molecule has 2 aromatic carbocycles. The monoisotopic (exact) mass is 478 g/mol. The van der Waals surface area contributed by atoms with E-state index in [1.165, 1.54) is 19.5 Å². The smallest absolute Gasteiger partial charge is 0.163 e. The van der Waals surface area contributed by atoms with E-state index >= 15 is 0 Å². The van der Waals surface area contributed by atoms with Crippen molar-refractivity contribution in [2.45, 2.75) is 6.10 Å². The van der Waals surface area contributed by atoms with E-state index < -0.39 is 11.9 Å². The third-order valence-corrected chi connectivity index (χ3v) is 6.29. The van der Waals surface area contributed by atoms with Crippen molar-refractivity contribution in [3.63, 3.8) is 0 Å². The van der Waals surface area contributed by atoms with Crippen molar-refractivity contribution in [1.29, 1.82) is 0 Å². The first kappa shape index (κ1) is 22.8. The van der Waals surface area contributed by atoms with Gasteiger partial charge in [0.2, 0.25) is 0 Å². The van der Waals surface area contributed by atoms with Gasteiger partial charge in [-0.15, -0.1) is 0 Å². The van der Waals surface area contributed by atoms with Gasteiger partial charge in [0, 0.05) is 47.6 Å². The molecule has 0 amide bonds. The summed E-state index contributed by atoms with van der Waals surface area (Å²) in [7, 11) is 1.53. The van der Waals surface area contributed by atoms with E-state index in [2.05, 4.69) is 20.2 Å². The molecule has 32 heavy (non-hydrogen) atoms. The number of aliphatic hydroxyl groups is 1. The minimum Gasteiger partial charge on any atom is -0.493 e. The summed E-state index contributed by atoms with van der Waals surface area (Å²) in [6, 6.07) is 7.83. The number of methoxy groups -OCH3 is 1. The van der Waals surface area contributed by atoms with Crippen LogP contribution in [0.25, 0.3) is 10.9 Å². The molecule has 1 fully saturated rings. The van der Waals surface area contributed by atoms with Crippen LogP contribution >= 0.6 is 23.4 Å². The third-order valence-electron chi connectivity index (χ3n) is 5.11. The molecule has 1 saturated heterocycles. The van der Waals surface area contributed by atoms with Crippen LogP contribution in [-0.2, 0) is 0 Å². The lowest BCUT2D eigenvalue weighted by molar-refractivity contribution is 0.0705. The van der Waals surface area contributed by atoms with Crippen LogP contribution in [0.3, 0.4) is 0 Å². The first-order valence-corrected chi connectivity index (χ1v) is 11.7. The third kappa shape index (κ3) is 5.53. The number of aliphatic hydroxyl groups excluding tert-OH is 1. The normalized spacial score (nSPS) is 15.5. The fourth-order valence-corrected chi connectivity index (χ4v) is 4.61. The number of β-amino-alcohol motifs (C(OH)–C–C–N with tert-alkyl or cyclic N) is 1. The number of hydrogen-bond acceptors (Lipinski definition) is 8. The number of rotatable bonds is 8. The molecule has 1 unspecified atom stereocenters. The lowest BCUT2D eigenvalue weighted by Crippen LogP contribution is -2.40. The zero-order valence-electron chi connectivity index (χ0n) is 17.6. The molecular formula is C22H24ClFN4O3S. The van der Waals surface area contributed by atoms with Crippen molar-refractivity contribution in [3.8, 4) is 11.5 Å². The average molecular weight is 479 g/mol. The van der Waals surface area contributed by atoms with Gasteiger partial charge in [0.05, 0.1) is 18.3 Å². The Bertz CT molecular complexity index is 1080. The van der Waals surface area contributed by atoms with E-state index in [0.29, 0.717) is 39.8 Å². The molecule has 7 nitrogen and oxygen atoms in total. The summed E-state index contributed by atoms with van der Waals surface area (Å²) in [6.07, 6.45) is 0.770. The van der Waals surface area contributed by atoms with E-state index in [9.17, 15) is 9.50 Å². The van der Waals surface area contributed by atoms with Gasteiger partial charge in [0.1, 0.15) is 30.7 Å². The van der Waals surface area contributed by atoms with Gasteiger partial charge in [-0.25, -0.2) is 14.4 Å². The second-order valence-electron chi connectivity index (χ2n) is 7.37. The molecule has 0 aliphatic carbocycles. The Morgan fingerprint density at radius 2 is 2.03 bits per heavy atom. The number of benzene rings is 2. The highest BCUT2D eigenvalue weighted by molar-refractivity contribution is 7.99. The van der Waals surface area contributed by atoms with Crippen LogP contribution in [0.2, 0.25) is 5.02 Å². The summed E-state index contributed by atoms with van der Waals surface area (Å²) >= 11 is 7.76. The summed E-state index contributed by atoms with van der Waals surface area (Å²) in [5.74, 6) is 3.04. The number of anilines is 2. The highest BCUT2D eigenvalue weighted by Gasteiger charge is 2.17. The number of nitrogens with zero attached hydrogens (tertiary/aromatic N) is 3. The van der Waals surface area contributed by atoms with Crippen LogP contribution in [0.1, 0.15) is 0 Å². The SMILES string of the molecule is COc1cc2c(Nc3ccc(Cl)cc3F)ncnc2cc1OCC(O)CN1CCSCC1. The van der Waals surface area contributed by atoms with Crippen molar-refractivity contribution >= 4 is 45.8 Å². The van der Waals surface area contributed by atoms with E-state index in [4.69, 9.17) is 21.1 Å². The van der Waals surface area contributed by atoms with Gasteiger partial charge in [-0.05, 0) is 24.3 Å². The molecule has 1 aromatic heterocycles. The van der Waals surface area contributed by atoms with Gasteiger partial charge >= 0.3 is 0 Å². The van der Waals surface area contributed by atoms with E-state index in [1.807, 2.05) is 11.8 Å². The highest BCUT2D eigenvalue weighted by Crippen LogP contribution is 2.35. The van der Waals surface area contributed by atoms with Crippen LogP contribution in [0, 0.1) is 5.82 Å². The van der Waals surface area contributed by atoms with Gasteiger partial charge < -0.3 is 19.9 Å². The first-order valence-electron chi connectivity index (χ1n) is 10.2. The quantitative estimate of drug-likeness (QED) is 0.503. The standard InChI is InChI=1S/C22H24ClFN4O3S/c1-30-20-9-16-19(10-21(20)31-12-15(29)11-28-4-6-32-7-5-28)25-13-26-22(16)27-18-3-2-14(23)8-17(18)24/h2-3,8-10,13,15,29H,4-7,11-12H2,1H3,(H,25,26,27). The van der Waals surface area contributed by atoms with Crippen molar-refractivity contribution in [2.24, 2.45) is 0 Å². The van der Waals surface area contributed by atoms with E-state index in [0.717, 1.165) is 24.6 Å². The number of aromatic nitrogens is 2. The van der Waals surface area contributed by atoms with Crippen LogP contribution in [0.5, 0.6) is 11.5 Å². The Hall–Kier alpha value is -2.33. The van der Waals surface area contributed by atoms with Crippen molar-refractivity contribution in [3.05, 3.63) is 47.5 Å². The Morgan fingerprint density at radius 3 is 2.78 bits per heavy atom. The number of ether oxygens (including phenoxy) is 2. The summed E-state index contributed by atoms with van der Waals surface area (Å²) in [6.45, 7) is 2.65. The zero-order valence-corrected chi connectivity index (χ0v) is 19.1. The van der Waals surface area contributed by atoms with Crippen LogP contribution in [-0.4, -0.2) is 70.9 Å². The molecule has 0 spiro atoms. The van der Waals surface area contributed by atoms with Gasteiger partial charge in [0.25, 0.3) is 0 Å². The lowest BCUT2D eigenvalue weighted by Gasteiger charge is -2.28. The topological polar surface area (TPSA) is 79.7 Å². The molecule has 1 aliphatic heterocycles. The van der Waals surface area contributed by atoms with Crippen LogP contribution < -0.4 is 14.8 Å². The van der Waals surface area contributed by atoms with Gasteiger partial charge in [-0.1, -0.05) is 11.6 Å². The summed E-state index contributed by atoms with van der Waals surface area (Å²) in [5, 5.41) is 14.3. The molecule has 3 aromatic rings. The summed E-state index contributed by atoms with van der Waals surface area (Å²) < 4.78 is 25.6. The second kappa shape index (κ2) is 10.5. The minimum atomic E-state index is -0.617. The predicted octanol–water partition coefficient (Wildman–Crippen LogP) is 3.96. The number of hydrogen-bond donors (Lipinski definition) is 2. The molecule has 2 N–H and O–H groups in total. The Balaban J connectivity index is 1.52. The Kier molecular flexibility index (Phi) is 7.51. The maximum Gasteiger partial charge on any atom is 0.163 e. The lowest BCUT2D eigenvalue weighted by atomic mass is 10.2. The Morgan fingerprint density at radius 1 is 1.22 bits per heavy atom. The van der Waals surface area contributed by atoms with Crippen LogP contribution in [0.4, 0.5) is 15.9 Å². The molecule has 0 bridgehead atoms. The largest absolute Gasteiger partial charge is 0.493 e. The number of thioether (sulfide) groups is 1. The molecule has 10 heteroatoms. The number of halogens is 2. The minimum absolute atomic E-state index is 0.137. The molecular weight excluding hydrogens is 455 g/mol. The maximum absolute atomic E-state index is 14.2. The van der Waals surface area contributed by atoms with Crippen LogP contribution in [0.15, 0.2) is 36.7 Å². The fourth-order valence-electron chi connectivity index (χ4n) is 3.47. The molecule has 0 radical (unpaired) electrons. The average Bonchev–Trinajstić information content (AvgIpc) is 2.79. The van der Waals surface area contributed by atoms with Gasteiger partial charge in [0.15, 0.2) is 11.5 Å². The highest BCUT2D eigenvalue weighted by atomic mass is 35.5. The number of fused-ring (bicyclic) bond motifs is 1. The second-order valence-corrected chi connectivity index (χ2v) is 9.03. The first-order chi connectivity index (χ1) is 15.5. The van der Waals surface area contributed by atoms with Crippen molar-refractivity contribution < 1.29 is 19.0 Å². The fraction of sp³-hybridized carbons (Fsp3) is 0.364. The summed E-state index contributed by atoms with van der Waals surface area (Å²) in [5.41, 5.74) is 0.836. The van der Waals surface area contributed by atoms with Gasteiger partial charge in [-0.3, -0.25) is 4.90 Å². The summed E-state index contributed by atoms with van der Waals surface area (Å²) in [4.78, 5) is 10.8. The zero-order chi connectivity index (χ0) is 22.5. The molecule has 2 heterocycles. The van der Waals surface area contributed by atoms with E-state index in [-0.39, 0.29) is 12.3 Å². The predicted molar refractivity (Wildman–Crippen MR) is 126 cm³/mol. The molecule has 1 aliphatic rings. The molecule has 1 atom stereocenters. The van der Waals surface area contributed by atoms with Crippen molar-refractivity contribution in [2.75, 3.05) is 50.2 Å². The molecule has 170 valence electrons.